The van der Waals surface area contributed by atoms with Crippen molar-refractivity contribution in [3.05, 3.63) is 53.9 Å². The van der Waals surface area contributed by atoms with Crippen LogP contribution in [-0.2, 0) is 13.6 Å². The molecule has 5 nitrogen and oxygen atoms in total. The molecule has 1 aromatic heterocycles. The Hall–Kier alpha value is -2.30. The van der Waals surface area contributed by atoms with E-state index < -0.39 is 0 Å². The van der Waals surface area contributed by atoms with Crippen LogP contribution in [0.5, 0.6) is 0 Å². The molecule has 1 atom stereocenters. The van der Waals surface area contributed by atoms with E-state index in [0.717, 1.165) is 19.0 Å². The molecule has 1 aromatic carbocycles. The summed E-state index contributed by atoms with van der Waals surface area (Å²) in [6, 6.07) is 10.7. The van der Waals surface area contributed by atoms with Crippen molar-refractivity contribution in [2.24, 2.45) is 12.0 Å². The molecule has 3 rings (SSSR count). The van der Waals surface area contributed by atoms with Crippen LogP contribution < -0.4 is 5.32 Å². The van der Waals surface area contributed by atoms with E-state index in [2.05, 4.69) is 44.6 Å². The van der Waals surface area contributed by atoms with Crippen molar-refractivity contribution in [2.75, 3.05) is 13.6 Å². The Kier molecular flexibility index (Phi) is 3.41. The van der Waals surface area contributed by atoms with Crippen molar-refractivity contribution < 1.29 is 0 Å². The SMILES string of the molecule is CN(Cc1cnn(C)c1)C1=NCC(c2ccccc2)N1. The van der Waals surface area contributed by atoms with Gasteiger partial charge in [-0.05, 0) is 5.56 Å². The molecule has 20 heavy (non-hydrogen) atoms. The highest BCUT2D eigenvalue weighted by molar-refractivity contribution is 5.81. The fourth-order valence-corrected chi connectivity index (χ4v) is 2.43. The van der Waals surface area contributed by atoms with Crippen molar-refractivity contribution in [2.45, 2.75) is 12.6 Å². The third-order valence-electron chi connectivity index (χ3n) is 3.47. The zero-order valence-electron chi connectivity index (χ0n) is 11.8. The van der Waals surface area contributed by atoms with E-state index >= 15 is 0 Å². The van der Waals surface area contributed by atoms with Crippen LogP contribution in [0.3, 0.4) is 0 Å². The highest BCUT2D eigenvalue weighted by atomic mass is 15.3. The van der Waals surface area contributed by atoms with Crippen LogP contribution in [-0.4, -0.2) is 34.2 Å². The third-order valence-corrected chi connectivity index (χ3v) is 3.47. The van der Waals surface area contributed by atoms with Crippen molar-refractivity contribution in [1.29, 1.82) is 0 Å². The van der Waals surface area contributed by atoms with E-state index in [1.807, 2.05) is 37.2 Å². The summed E-state index contributed by atoms with van der Waals surface area (Å²) in [5.41, 5.74) is 2.46. The van der Waals surface area contributed by atoms with Gasteiger partial charge in [0.05, 0.1) is 18.8 Å². The van der Waals surface area contributed by atoms with Gasteiger partial charge in [0.2, 0.25) is 0 Å². The zero-order chi connectivity index (χ0) is 13.9. The summed E-state index contributed by atoms with van der Waals surface area (Å²) in [7, 11) is 3.98. The molecular weight excluding hydrogens is 250 g/mol. The summed E-state index contributed by atoms with van der Waals surface area (Å²) in [6.45, 7) is 1.60. The van der Waals surface area contributed by atoms with Gasteiger partial charge in [-0.3, -0.25) is 9.67 Å². The lowest BCUT2D eigenvalue weighted by molar-refractivity contribution is 0.480. The molecule has 1 unspecified atom stereocenters. The van der Waals surface area contributed by atoms with Gasteiger partial charge in [0.25, 0.3) is 0 Å². The minimum Gasteiger partial charge on any atom is -0.348 e. The van der Waals surface area contributed by atoms with Crippen molar-refractivity contribution >= 4 is 5.96 Å². The number of hydrogen-bond acceptors (Lipinski definition) is 4. The van der Waals surface area contributed by atoms with Crippen molar-refractivity contribution in [1.82, 2.24) is 20.0 Å². The maximum Gasteiger partial charge on any atom is 0.194 e. The second-order valence-electron chi connectivity index (χ2n) is 5.15. The van der Waals surface area contributed by atoms with Crippen LogP contribution in [0.1, 0.15) is 17.2 Å². The number of aliphatic imine (C=N–C) groups is 1. The number of nitrogens with zero attached hydrogens (tertiary/aromatic N) is 4. The standard InChI is InChI=1S/C15H19N5/c1-19(10-12-8-17-20(2)11-12)15-16-9-14(18-15)13-6-4-3-5-7-13/h3-8,11,14H,9-10H2,1-2H3,(H,16,18). The number of aromatic nitrogens is 2. The molecule has 0 spiro atoms. The van der Waals surface area contributed by atoms with E-state index in [0.29, 0.717) is 0 Å². The van der Waals surface area contributed by atoms with Crippen LogP contribution in [0.4, 0.5) is 0 Å². The summed E-state index contributed by atoms with van der Waals surface area (Å²) in [5, 5.41) is 7.67. The number of hydrogen-bond donors (Lipinski definition) is 1. The van der Waals surface area contributed by atoms with E-state index in [-0.39, 0.29) is 6.04 Å². The van der Waals surface area contributed by atoms with Crippen LogP contribution in [0, 0.1) is 0 Å². The first-order valence-corrected chi connectivity index (χ1v) is 6.77. The second kappa shape index (κ2) is 5.36. The van der Waals surface area contributed by atoms with Gasteiger partial charge in [-0.1, -0.05) is 30.3 Å². The summed E-state index contributed by atoms with van der Waals surface area (Å²) >= 11 is 0. The molecule has 5 heteroatoms. The first kappa shape index (κ1) is 12.7. The molecule has 104 valence electrons. The normalized spacial score (nSPS) is 17.7. The van der Waals surface area contributed by atoms with Gasteiger partial charge in [-0.15, -0.1) is 0 Å². The average Bonchev–Trinajstić information content (AvgIpc) is 3.09. The van der Waals surface area contributed by atoms with Gasteiger partial charge >= 0.3 is 0 Å². The molecule has 2 aromatic rings. The Bertz CT molecular complexity index is 602. The average molecular weight is 269 g/mol. The maximum absolute atomic E-state index is 4.60. The monoisotopic (exact) mass is 269 g/mol. The Balaban J connectivity index is 1.62. The maximum atomic E-state index is 4.60. The van der Waals surface area contributed by atoms with Gasteiger partial charge < -0.3 is 10.2 Å². The lowest BCUT2D eigenvalue weighted by atomic mass is 10.1. The molecular formula is C15H19N5. The van der Waals surface area contributed by atoms with E-state index in [1.165, 1.54) is 11.1 Å². The molecule has 0 bridgehead atoms. The predicted octanol–water partition coefficient (Wildman–Crippen LogP) is 1.55. The van der Waals surface area contributed by atoms with Gasteiger partial charge in [-0.25, -0.2) is 0 Å². The number of aryl methyl sites for hydroxylation is 1. The van der Waals surface area contributed by atoms with E-state index in [1.54, 1.807) is 0 Å². The summed E-state index contributed by atoms with van der Waals surface area (Å²) in [4.78, 5) is 6.73. The van der Waals surface area contributed by atoms with Crippen LogP contribution in [0.15, 0.2) is 47.7 Å². The van der Waals surface area contributed by atoms with Crippen LogP contribution in [0.25, 0.3) is 0 Å². The summed E-state index contributed by atoms with van der Waals surface area (Å²) < 4.78 is 1.82. The van der Waals surface area contributed by atoms with Gasteiger partial charge in [0, 0.05) is 32.4 Å². The molecule has 0 saturated carbocycles. The summed E-state index contributed by atoms with van der Waals surface area (Å²) in [5.74, 6) is 0.947. The molecule has 1 N–H and O–H groups in total. The van der Waals surface area contributed by atoms with Crippen molar-refractivity contribution in [3.63, 3.8) is 0 Å². The second-order valence-corrected chi connectivity index (χ2v) is 5.15. The highest BCUT2D eigenvalue weighted by Gasteiger charge is 2.21. The minimum atomic E-state index is 0.280. The number of benzene rings is 1. The van der Waals surface area contributed by atoms with Gasteiger partial charge in [-0.2, -0.15) is 5.10 Å². The van der Waals surface area contributed by atoms with E-state index in [4.69, 9.17) is 0 Å². The number of rotatable bonds is 3. The lowest BCUT2D eigenvalue weighted by Gasteiger charge is -2.20. The van der Waals surface area contributed by atoms with Gasteiger partial charge in [0.15, 0.2) is 5.96 Å². The van der Waals surface area contributed by atoms with Gasteiger partial charge in [0.1, 0.15) is 0 Å². The first-order chi connectivity index (χ1) is 9.72. The molecule has 2 heterocycles. The Morgan fingerprint density at radius 3 is 2.85 bits per heavy atom. The van der Waals surface area contributed by atoms with Crippen LogP contribution in [0.2, 0.25) is 0 Å². The third kappa shape index (κ3) is 2.66. The molecule has 0 radical (unpaired) electrons. The molecule has 1 aliphatic heterocycles. The Labute approximate surface area is 118 Å². The largest absolute Gasteiger partial charge is 0.348 e. The van der Waals surface area contributed by atoms with Crippen LogP contribution >= 0.6 is 0 Å². The summed E-state index contributed by atoms with van der Waals surface area (Å²) in [6.07, 6.45) is 3.92. The fourth-order valence-electron chi connectivity index (χ4n) is 2.43. The highest BCUT2D eigenvalue weighted by Crippen LogP contribution is 2.17. The molecule has 0 aliphatic carbocycles. The van der Waals surface area contributed by atoms with E-state index in [9.17, 15) is 0 Å². The number of guanidine groups is 1. The Morgan fingerprint density at radius 1 is 1.35 bits per heavy atom. The minimum absolute atomic E-state index is 0.280. The topological polar surface area (TPSA) is 45.5 Å². The Morgan fingerprint density at radius 2 is 2.15 bits per heavy atom. The molecule has 0 saturated heterocycles. The fraction of sp³-hybridized carbons (Fsp3) is 0.333. The smallest absolute Gasteiger partial charge is 0.194 e. The molecule has 1 aliphatic rings. The predicted molar refractivity (Wildman–Crippen MR) is 79.3 cm³/mol. The van der Waals surface area contributed by atoms with Crippen molar-refractivity contribution in [3.8, 4) is 0 Å². The quantitative estimate of drug-likeness (QED) is 0.919. The zero-order valence-corrected chi connectivity index (χ0v) is 11.8. The molecule has 0 fully saturated rings. The number of nitrogens with one attached hydrogen (secondary N) is 1. The molecule has 0 amide bonds. The lowest BCUT2D eigenvalue weighted by Crippen LogP contribution is -2.36. The first-order valence-electron chi connectivity index (χ1n) is 6.77.